The number of pyridine rings is 1. The molecule has 8 heteroatoms. The molecule has 0 aromatic carbocycles. The molecule has 0 unspecified atom stereocenters. The molecule has 1 rings (SSSR count). The zero-order valence-corrected chi connectivity index (χ0v) is 9.44. The Kier molecular flexibility index (Phi) is 3.85. The number of halogens is 3. The SMILES string of the molecule is NCc1nc(C(F)F)c(I)cc1[N+](=O)[O-]. The average Bonchev–Trinajstić information content (AvgIpc) is 2.16. The Labute approximate surface area is 97.0 Å². The Morgan fingerprint density at radius 2 is 2.27 bits per heavy atom. The highest BCUT2D eigenvalue weighted by atomic mass is 127. The minimum atomic E-state index is -2.76. The first-order valence-corrected chi connectivity index (χ1v) is 4.87. The molecule has 0 aliphatic heterocycles. The third-order valence-corrected chi connectivity index (χ3v) is 2.52. The van der Waals surface area contributed by atoms with E-state index in [9.17, 15) is 18.9 Å². The number of alkyl halides is 2. The van der Waals surface area contributed by atoms with Crippen molar-refractivity contribution in [3.8, 4) is 0 Å². The molecule has 0 saturated carbocycles. The summed E-state index contributed by atoms with van der Waals surface area (Å²) in [5, 5.41) is 10.5. The summed E-state index contributed by atoms with van der Waals surface area (Å²) in [4.78, 5) is 13.3. The second-order valence-electron chi connectivity index (χ2n) is 2.58. The lowest BCUT2D eigenvalue weighted by molar-refractivity contribution is -0.386. The van der Waals surface area contributed by atoms with E-state index in [-0.39, 0.29) is 21.5 Å². The number of rotatable bonds is 3. The van der Waals surface area contributed by atoms with Gasteiger partial charge < -0.3 is 5.73 Å². The summed E-state index contributed by atoms with van der Waals surface area (Å²) < 4.78 is 24.9. The van der Waals surface area contributed by atoms with Gasteiger partial charge in [-0.05, 0) is 22.6 Å². The van der Waals surface area contributed by atoms with Crippen LogP contribution in [0.5, 0.6) is 0 Å². The van der Waals surface area contributed by atoms with Crippen LogP contribution in [0.1, 0.15) is 17.8 Å². The maximum atomic E-state index is 12.4. The van der Waals surface area contributed by atoms with Crippen molar-refractivity contribution in [1.29, 1.82) is 0 Å². The summed E-state index contributed by atoms with van der Waals surface area (Å²) in [7, 11) is 0. The first-order valence-electron chi connectivity index (χ1n) is 3.79. The van der Waals surface area contributed by atoms with Crippen LogP contribution in [0.3, 0.4) is 0 Å². The highest BCUT2D eigenvalue weighted by Gasteiger charge is 2.22. The van der Waals surface area contributed by atoms with Gasteiger partial charge in [-0.15, -0.1) is 0 Å². The molecule has 0 fully saturated rings. The van der Waals surface area contributed by atoms with Crippen LogP contribution in [-0.2, 0) is 6.54 Å². The highest BCUT2D eigenvalue weighted by molar-refractivity contribution is 14.1. The Morgan fingerprint density at radius 1 is 1.67 bits per heavy atom. The third-order valence-electron chi connectivity index (χ3n) is 1.66. The van der Waals surface area contributed by atoms with Gasteiger partial charge in [0.15, 0.2) is 0 Å². The minimum absolute atomic E-state index is 0.0616. The number of nitro groups is 1. The lowest BCUT2D eigenvalue weighted by Crippen LogP contribution is -2.08. The molecule has 0 amide bonds. The zero-order valence-electron chi connectivity index (χ0n) is 7.28. The Balaban J connectivity index is 3.35. The predicted octanol–water partition coefficient (Wildman–Crippen LogP) is 1.99. The normalized spacial score (nSPS) is 10.7. The van der Waals surface area contributed by atoms with E-state index in [0.29, 0.717) is 0 Å². The molecule has 1 aromatic heterocycles. The molecular weight excluding hydrogens is 323 g/mol. The molecule has 1 aromatic rings. The Morgan fingerprint density at radius 3 is 2.67 bits per heavy atom. The predicted molar refractivity (Wildman–Crippen MR) is 56.5 cm³/mol. The van der Waals surface area contributed by atoms with E-state index < -0.39 is 17.0 Å². The van der Waals surface area contributed by atoms with Crippen molar-refractivity contribution in [2.24, 2.45) is 5.73 Å². The van der Waals surface area contributed by atoms with Gasteiger partial charge in [0.2, 0.25) is 0 Å². The van der Waals surface area contributed by atoms with Crippen LogP contribution in [0.2, 0.25) is 0 Å². The molecule has 0 aliphatic rings. The molecule has 0 spiro atoms. The van der Waals surface area contributed by atoms with Crippen LogP contribution in [0.15, 0.2) is 6.07 Å². The summed E-state index contributed by atoms with van der Waals surface area (Å²) in [6.45, 7) is -0.243. The highest BCUT2D eigenvalue weighted by Crippen LogP contribution is 2.27. The number of nitrogens with zero attached hydrogens (tertiary/aromatic N) is 2. The summed E-state index contributed by atoms with van der Waals surface area (Å²) in [5.41, 5.74) is 4.27. The van der Waals surface area contributed by atoms with Crippen molar-refractivity contribution in [1.82, 2.24) is 4.98 Å². The second kappa shape index (κ2) is 4.75. The molecule has 0 aliphatic carbocycles. The van der Waals surface area contributed by atoms with Gasteiger partial charge >= 0.3 is 0 Å². The van der Waals surface area contributed by atoms with E-state index in [2.05, 4.69) is 4.98 Å². The fourth-order valence-electron chi connectivity index (χ4n) is 0.995. The van der Waals surface area contributed by atoms with Gasteiger partial charge in [0.1, 0.15) is 11.4 Å². The van der Waals surface area contributed by atoms with Gasteiger partial charge in [-0.2, -0.15) is 0 Å². The largest absolute Gasteiger partial charge is 0.325 e. The van der Waals surface area contributed by atoms with Crippen molar-refractivity contribution in [2.45, 2.75) is 13.0 Å². The van der Waals surface area contributed by atoms with E-state index in [4.69, 9.17) is 5.73 Å². The molecule has 0 radical (unpaired) electrons. The van der Waals surface area contributed by atoms with Crippen LogP contribution < -0.4 is 5.73 Å². The lowest BCUT2D eigenvalue weighted by atomic mass is 10.2. The Hall–Kier alpha value is -0.900. The maximum absolute atomic E-state index is 12.4. The first-order chi connectivity index (χ1) is 6.97. The van der Waals surface area contributed by atoms with E-state index >= 15 is 0 Å². The molecule has 2 N–H and O–H groups in total. The van der Waals surface area contributed by atoms with E-state index in [0.717, 1.165) is 6.07 Å². The number of nitrogens with two attached hydrogens (primary N) is 1. The monoisotopic (exact) mass is 329 g/mol. The summed E-state index contributed by atoms with van der Waals surface area (Å²) in [6.07, 6.45) is -2.76. The molecule has 0 atom stereocenters. The summed E-state index contributed by atoms with van der Waals surface area (Å²) in [6, 6.07) is 1.05. The zero-order chi connectivity index (χ0) is 11.6. The smallest absolute Gasteiger partial charge is 0.293 e. The first kappa shape index (κ1) is 12.2. The Bertz CT molecular complexity index is 400. The third kappa shape index (κ3) is 2.56. The topological polar surface area (TPSA) is 82.0 Å². The van der Waals surface area contributed by atoms with E-state index in [1.807, 2.05) is 0 Å². The average molecular weight is 329 g/mol. The number of hydrogen-bond acceptors (Lipinski definition) is 4. The van der Waals surface area contributed by atoms with Gasteiger partial charge in [-0.1, -0.05) is 0 Å². The van der Waals surface area contributed by atoms with Crippen LogP contribution in [0.25, 0.3) is 0 Å². The molecule has 15 heavy (non-hydrogen) atoms. The van der Waals surface area contributed by atoms with Crippen LogP contribution in [0, 0.1) is 13.7 Å². The van der Waals surface area contributed by atoms with Gasteiger partial charge in [-0.25, -0.2) is 13.8 Å². The van der Waals surface area contributed by atoms with Crippen molar-refractivity contribution in [2.75, 3.05) is 0 Å². The van der Waals surface area contributed by atoms with Crippen LogP contribution in [-0.4, -0.2) is 9.91 Å². The second-order valence-corrected chi connectivity index (χ2v) is 3.75. The molecule has 5 nitrogen and oxygen atoms in total. The quantitative estimate of drug-likeness (QED) is 0.522. The molecule has 82 valence electrons. The van der Waals surface area contributed by atoms with Gasteiger partial charge in [0.05, 0.1) is 4.92 Å². The lowest BCUT2D eigenvalue weighted by Gasteiger charge is -2.05. The molecule has 0 bridgehead atoms. The van der Waals surface area contributed by atoms with E-state index in [1.165, 1.54) is 0 Å². The van der Waals surface area contributed by atoms with Gasteiger partial charge in [0.25, 0.3) is 12.1 Å². The molecule has 1 heterocycles. The molecular formula is C7H6F2IN3O2. The van der Waals surface area contributed by atoms with Crippen molar-refractivity contribution >= 4 is 28.3 Å². The number of hydrogen-bond donors (Lipinski definition) is 1. The fourth-order valence-corrected chi connectivity index (χ4v) is 1.65. The molecule has 0 saturated heterocycles. The van der Waals surface area contributed by atoms with E-state index in [1.54, 1.807) is 22.6 Å². The fraction of sp³-hybridized carbons (Fsp3) is 0.286. The summed E-state index contributed by atoms with van der Waals surface area (Å²) >= 11 is 1.58. The standard InChI is InChI=1S/C7H6F2IN3O2/c8-7(9)6-3(10)1-5(13(14)15)4(2-11)12-6/h1,7H,2,11H2. The number of aromatic nitrogens is 1. The maximum Gasteiger partial charge on any atom is 0.293 e. The van der Waals surface area contributed by atoms with Gasteiger partial charge in [0, 0.05) is 16.2 Å². The minimum Gasteiger partial charge on any atom is -0.325 e. The van der Waals surface area contributed by atoms with Crippen LogP contribution >= 0.6 is 22.6 Å². The van der Waals surface area contributed by atoms with Crippen LogP contribution in [0.4, 0.5) is 14.5 Å². The van der Waals surface area contributed by atoms with Crippen molar-refractivity contribution in [3.05, 3.63) is 31.1 Å². The van der Waals surface area contributed by atoms with Gasteiger partial charge in [-0.3, -0.25) is 10.1 Å². The van der Waals surface area contributed by atoms with Crippen molar-refractivity contribution in [3.63, 3.8) is 0 Å². The summed E-state index contributed by atoms with van der Waals surface area (Å²) in [5.74, 6) is 0. The van der Waals surface area contributed by atoms with Crippen molar-refractivity contribution < 1.29 is 13.7 Å².